The van der Waals surface area contributed by atoms with E-state index in [1.807, 2.05) is 0 Å². The lowest BCUT2D eigenvalue weighted by Gasteiger charge is -2.38. The van der Waals surface area contributed by atoms with Crippen LogP contribution in [0, 0.1) is 5.92 Å². The summed E-state index contributed by atoms with van der Waals surface area (Å²) in [4.78, 5) is 11.6. The third-order valence-electron chi connectivity index (χ3n) is 3.80. The van der Waals surface area contributed by atoms with Crippen LogP contribution in [0.2, 0.25) is 0 Å². The Labute approximate surface area is 119 Å². The molecule has 0 aromatic heterocycles. The van der Waals surface area contributed by atoms with E-state index in [0.29, 0.717) is 25.7 Å². The highest BCUT2D eigenvalue weighted by Crippen LogP contribution is 2.34. The predicted octanol–water partition coefficient (Wildman–Crippen LogP) is 3.05. The van der Waals surface area contributed by atoms with Gasteiger partial charge in [0.25, 0.3) is 6.43 Å². The van der Waals surface area contributed by atoms with Gasteiger partial charge in [-0.05, 0) is 59.3 Å². The molecular formula is C14H26F2N2O2. The first kappa shape index (κ1) is 17.1. The first-order valence-electron chi connectivity index (χ1n) is 7.09. The second-order valence-electron chi connectivity index (χ2n) is 6.86. The molecule has 20 heavy (non-hydrogen) atoms. The molecule has 1 saturated carbocycles. The Kier molecular flexibility index (Phi) is 5.35. The van der Waals surface area contributed by atoms with Gasteiger partial charge < -0.3 is 15.8 Å². The Bertz CT molecular complexity index is 333. The van der Waals surface area contributed by atoms with Crippen LogP contribution >= 0.6 is 0 Å². The second kappa shape index (κ2) is 6.24. The smallest absolute Gasteiger partial charge is 0.407 e. The zero-order chi connectivity index (χ0) is 15.6. The van der Waals surface area contributed by atoms with Crippen molar-refractivity contribution >= 4 is 6.09 Å². The van der Waals surface area contributed by atoms with E-state index >= 15 is 0 Å². The number of amides is 1. The van der Waals surface area contributed by atoms with Crippen molar-refractivity contribution in [2.75, 3.05) is 0 Å². The van der Waals surface area contributed by atoms with Gasteiger partial charge in [-0.3, -0.25) is 0 Å². The minimum absolute atomic E-state index is 0.0189. The van der Waals surface area contributed by atoms with E-state index in [9.17, 15) is 13.6 Å². The van der Waals surface area contributed by atoms with Gasteiger partial charge in [-0.15, -0.1) is 0 Å². The van der Waals surface area contributed by atoms with Gasteiger partial charge in [0.05, 0.1) is 5.54 Å². The lowest BCUT2D eigenvalue weighted by atomic mass is 9.75. The predicted molar refractivity (Wildman–Crippen MR) is 73.7 cm³/mol. The normalized spacial score (nSPS) is 27.0. The van der Waals surface area contributed by atoms with Crippen molar-refractivity contribution in [1.82, 2.24) is 5.32 Å². The number of carbonyl (C=O) groups is 1. The second-order valence-corrected chi connectivity index (χ2v) is 6.86. The van der Waals surface area contributed by atoms with Crippen LogP contribution in [0.25, 0.3) is 0 Å². The summed E-state index contributed by atoms with van der Waals surface area (Å²) in [5, 5.41) is 2.79. The van der Waals surface area contributed by atoms with Gasteiger partial charge in [0.2, 0.25) is 0 Å². The van der Waals surface area contributed by atoms with Crippen LogP contribution in [0.3, 0.4) is 0 Å². The minimum atomic E-state index is -2.53. The van der Waals surface area contributed by atoms with Crippen LogP contribution in [-0.4, -0.2) is 29.7 Å². The number of rotatable bonds is 3. The topological polar surface area (TPSA) is 64.3 Å². The van der Waals surface area contributed by atoms with Crippen LogP contribution in [0.1, 0.15) is 53.4 Å². The van der Waals surface area contributed by atoms with Crippen molar-refractivity contribution in [3.05, 3.63) is 0 Å². The Morgan fingerprint density at radius 2 is 1.70 bits per heavy atom. The number of hydrogen-bond acceptors (Lipinski definition) is 3. The number of halogens is 2. The summed E-state index contributed by atoms with van der Waals surface area (Å²) in [6, 6.07) is -0.0189. The zero-order valence-electron chi connectivity index (χ0n) is 12.7. The Balaban J connectivity index is 2.41. The standard InChI is InChI=1S/C14H26F2N2O2/c1-13(2,3)20-12(19)18-10-7-5-9(6-8-10)14(4,17)11(15)16/h9-11H,5-8,17H2,1-4H3,(H,18,19). The SMILES string of the molecule is CC(C)(C)OC(=O)NC1CCC(C(C)(N)C(F)F)CC1. The van der Waals surface area contributed by atoms with E-state index in [0.717, 1.165) is 0 Å². The van der Waals surface area contributed by atoms with Crippen molar-refractivity contribution in [3.63, 3.8) is 0 Å². The number of hydrogen-bond donors (Lipinski definition) is 2. The highest BCUT2D eigenvalue weighted by atomic mass is 19.3. The number of alkyl carbamates (subject to hydrolysis) is 1. The van der Waals surface area contributed by atoms with Crippen LogP contribution in [-0.2, 0) is 4.74 Å². The lowest BCUT2D eigenvalue weighted by molar-refractivity contribution is 0.0126. The molecule has 0 radical (unpaired) electrons. The zero-order valence-corrected chi connectivity index (χ0v) is 12.7. The molecule has 118 valence electrons. The molecule has 1 rings (SSSR count). The van der Waals surface area contributed by atoms with E-state index in [1.54, 1.807) is 20.8 Å². The molecule has 6 heteroatoms. The summed E-state index contributed by atoms with van der Waals surface area (Å²) in [7, 11) is 0. The van der Waals surface area contributed by atoms with Crippen molar-refractivity contribution < 1.29 is 18.3 Å². The lowest BCUT2D eigenvalue weighted by Crippen LogP contribution is -2.53. The van der Waals surface area contributed by atoms with E-state index in [-0.39, 0.29) is 12.0 Å². The molecule has 1 aliphatic carbocycles. The van der Waals surface area contributed by atoms with Gasteiger partial charge >= 0.3 is 6.09 Å². The molecule has 0 aromatic carbocycles. The summed E-state index contributed by atoms with van der Waals surface area (Å²) in [6.45, 7) is 6.80. The number of ether oxygens (including phenoxy) is 1. The van der Waals surface area contributed by atoms with Gasteiger partial charge in [0.15, 0.2) is 0 Å². The molecule has 1 fully saturated rings. The fraction of sp³-hybridized carbons (Fsp3) is 0.929. The molecule has 1 aliphatic rings. The molecule has 0 spiro atoms. The van der Waals surface area contributed by atoms with Crippen molar-refractivity contribution in [1.29, 1.82) is 0 Å². The minimum Gasteiger partial charge on any atom is -0.444 e. The number of nitrogens with two attached hydrogens (primary N) is 1. The van der Waals surface area contributed by atoms with E-state index in [2.05, 4.69) is 5.32 Å². The van der Waals surface area contributed by atoms with Crippen molar-refractivity contribution in [3.8, 4) is 0 Å². The maximum Gasteiger partial charge on any atom is 0.407 e. The van der Waals surface area contributed by atoms with Gasteiger partial charge in [-0.1, -0.05) is 0 Å². The monoisotopic (exact) mass is 292 g/mol. The van der Waals surface area contributed by atoms with Gasteiger partial charge in [0, 0.05) is 6.04 Å². The van der Waals surface area contributed by atoms with E-state index in [4.69, 9.17) is 10.5 Å². The maximum atomic E-state index is 12.9. The summed E-state index contributed by atoms with van der Waals surface area (Å²) in [5.74, 6) is -0.209. The quantitative estimate of drug-likeness (QED) is 0.840. The van der Waals surface area contributed by atoms with Gasteiger partial charge in [0.1, 0.15) is 5.60 Å². The van der Waals surface area contributed by atoms with Crippen molar-refractivity contribution in [2.24, 2.45) is 11.7 Å². The molecule has 0 aliphatic heterocycles. The molecule has 0 aromatic rings. The van der Waals surface area contributed by atoms with E-state index in [1.165, 1.54) is 6.92 Å². The summed E-state index contributed by atoms with van der Waals surface area (Å²) in [5.41, 5.74) is 3.72. The highest BCUT2D eigenvalue weighted by Gasteiger charge is 2.40. The molecule has 0 bridgehead atoms. The summed E-state index contributed by atoms with van der Waals surface area (Å²) in [6.07, 6.45) is -0.476. The molecule has 0 heterocycles. The Morgan fingerprint density at radius 3 is 2.10 bits per heavy atom. The number of nitrogens with one attached hydrogen (secondary N) is 1. The Morgan fingerprint density at radius 1 is 1.20 bits per heavy atom. The first-order valence-corrected chi connectivity index (χ1v) is 7.09. The molecule has 4 nitrogen and oxygen atoms in total. The van der Waals surface area contributed by atoms with Crippen LogP contribution < -0.4 is 11.1 Å². The first-order chi connectivity index (χ1) is 9.02. The fourth-order valence-corrected chi connectivity index (χ4v) is 2.51. The van der Waals surface area contributed by atoms with Crippen molar-refractivity contribution in [2.45, 2.75) is 77.0 Å². The van der Waals surface area contributed by atoms with Crippen LogP contribution in [0.5, 0.6) is 0 Å². The average Bonchev–Trinajstić information content (AvgIpc) is 2.26. The molecular weight excluding hydrogens is 266 g/mol. The third-order valence-corrected chi connectivity index (χ3v) is 3.80. The summed E-state index contributed by atoms with van der Waals surface area (Å²) >= 11 is 0. The molecule has 0 saturated heterocycles. The maximum absolute atomic E-state index is 12.9. The van der Waals surface area contributed by atoms with Gasteiger partial charge in [-0.25, -0.2) is 13.6 Å². The highest BCUT2D eigenvalue weighted by molar-refractivity contribution is 5.68. The fourth-order valence-electron chi connectivity index (χ4n) is 2.51. The van der Waals surface area contributed by atoms with Gasteiger partial charge in [-0.2, -0.15) is 0 Å². The van der Waals surface area contributed by atoms with Crippen LogP contribution in [0.15, 0.2) is 0 Å². The summed E-state index contributed by atoms with van der Waals surface area (Å²) < 4.78 is 30.9. The largest absolute Gasteiger partial charge is 0.444 e. The molecule has 1 atom stereocenters. The molecule has 1 amide bonds. The Hall–Kier alpha value is -0.910. The van der Waals surface area contributed by atoms with Crippen LogP contribution in [0.4, 0.5) is 13.6 Å². The number of carbonyl (C=O) groups excluding carboxylic acids is 1. The third kappa shape index (κ3) is 4.89. The average molecular weight is 292 g/mol. The molecule has 3 N–H and O–H groups in total. The van der Waals surface area contributed by atoms with E-state index < -0.39 is 23.7 Å². The molecule has 1 unspecified atom stereocenters. The number of alkyl halides is 2.